The van der Waals surface area contributed by atoms with Gasteiger partial charge in [0, 0.05) is 30.5 Å². The van der Waals surface area contributed by atoms with Crippen LogP contribution in [0.15, 0.2) is 35.5 Å². The Morgan fingerprint density at radius 3 is 2.76 bits per heavy atom. The van der Waals surface area contributed by atoms with E-state index in [9.17, 15) is 4.79 Å². The Balaban J connectivity index is 2.18. The van der Waals surface area contributed by atoms with Gasteiger partial charge in [-0.3, -0.25) is 9.79 Å². The maximum atomic E-state index is 11.4. The fourth-order valence-corrected chi connectivity index (χ4v) is 3.19. The Bertz CT molecular complexity index is 655. The summed E-state index contributed by atoms with van der Waals surface area (Å²) in [7, 11) is 0. The average molecular weight is 339 g/mol. The molecule has 0 atom stereocenters. The number of carbonyl (C=O) groups excluding carboxylic acids is 1. The SMILES string of the molecule is C=N/C=C(\C=C/CCN1CCCC1)c1cc(C=O)c(C)c(NCC)c1. The first-order valence-corrected chi connectivity index (χ1v) is 9.08. The van der Waals surface area contributed by atoms with Crippen molar-refractivity contribution in [1.29, 1.82) is 0 Å². The van der Waals surface area contributed by atoms with Crippen LogP contribution < -0.4 is 5.32 Å². The second kappa shape index (κ2) is 9.94. The van der Waals surface area contributed by atoms with Gasteiger partial charge in [0.25, 0.3) is 0 Å². The van der Waals surface area contributed by atoms with E-state index in [1.165, 1.54) is 25.9 Å². The molecule has 0 aliphatic carbocycles. The van der Waals surface area contributed by atoms with E-state index in [0.717, 1.165) is 48.2 Å². The van der Waals surface area contributed by atoms with Crippen LogP contribution in [0.3, 0.4) is 0 Å². The smallest absolute Gasteiger partial charge is 0.150 e. The Labute approximate surface area is 151 Å². The number of hydrogen-bond donors (Lipinski definition) is 1. The van der Waals surface area contributed by atoms with Crippen LogP contribution in [0.5, 0.6) is 0 Å². The van der Waals surface area contributed by atoms with E-state index >= 15 is 0 Å². The van der Waals surface area contributed by atoms with Gasteiger partial charge < -0.3 is 10.2 Å². The van der Waals surface area contributed by atoms with E-state index in [-0.39, 0.29) is 0 Å². The van der Waals surface area contributed by atoms with Gasteiger partial charge >= 0.3 is 0 Å². The summed E-state index contributed by atoms with van der Waals surface area (Å²) in [4.78, 5) is 17.9. The van der Waals surface area contributed by atoms with Gasteiger partial charge in [-0.15, -0.1) is 0 Å². The predicted octanol–water partition coefficient (Wildman–Crippen LogP) is 4.32. The Morgan fingerprint density at radius 2 is 2.12 bits per heavy atom. The first-order valence-electron chi connectivity index (χ1n) is 9.08. The topological polar surface area (TPSA) is 44.7 Å². The van der Waals surface area contributed by atoms with Gasteiger partial charge in [-0.25, -0.2) is 0 Å². The summed E-state index contributed by atoms with van der Waals surface area (Å²) in [5.74, 6) is 0. The molecule has 0 saturated carbocycles. The molecule has 1 aromatic rings. The third kappa shape index (κ3) is 5.40. The monoisotopic (exact) mass is 339 g/mol. The van der Waals surface area contributed by atoms with E-state index in [4.69, 9.17) is 0 Å². The quantitative estimate of drug-likeness (QED) is 0.414. The number of aliphatic imine (C=N–C) groups is 1. The van der Waals surface area contributed by atoms with Crippen LogP contribution in [-0.4, -0.2) is 44.1 Å². The lowest BCUT2D eigenvalue weighted by Crippen LogP contribution is -2.19. The zero-order chi connectivity index (χ0) is 18.1. The van der Waals surface area contributed by atoms with Crippen molar-refractivity contribution in [3.63, 3.8) is 0 Å². The van der Waals surface area contributed by atoms with Gasteiger partial charge in [0.2, 0.25) is 0 Å². The summed E-state index contributed by atoms with van der Waals surface area (Å²) in [6.45, 7) is 11.9. The van der Waals surface area contributed by atoms with Crippen molar-refractivity contribution in [3.8, 4) is 0 Å². The highest BCUT2D eigenvalue weighted by Gasteiger charge is 2.10. The van der Waals surface area contributed by atoms with Crippen LogP contribution in [0.25, 0.3) is 5.57 Å². The summed E-state index contributed by atoms with van der Waals surface area (Å²) in [6, 6.07) is 4.00. The minimum Gasteiger partial charge on any atom is -0.385 e. The summed E-state index contributed by atoms with van der Waals surface area (Å²) in [5.41, 5.74) is 4.62. The zero-order valence-corrected chi connectivity index (χ0v) is 15.4. The molecule has 0 amide bonds. The van der Waals surface area contributed by atoms with Gasteiger partial charge in [-0.1, -0.05) is 12.2 Å². The molecule has 1 fully saturated rings. The van der Waals surface area contributed by atoms with Crippen LogP contribution in [0.4, 0.5) is 5.69 Å². The number of allylic oxidation sites excluding steroid dienone is 2. The van der Waals surface area contributed by atoms with Crippen molar-refractivity contribution in [1.82, 2.24) is 4.90 Å². The fourth-order valence-electron chi connectivity index (χ4n) is 3.19. The van der Waals surface area contributed by atoms with E-state index in [1.807, 2.05) is 19.9 Å². The molecule has 134 valence electrons. The molecule has 0 unspecified atom stereocenters. The third-order valence-electron chi connectivity index (χ3n) is 4.61. The minimum atomic E-state index is 0.703. The van der Waals surface area contributed by atoms with Gasteiger partial charge in [-0.2, -0.15) is 0 Å². The number of rotatable bonds is 9. The molecule has 25 heavy (non-hydrogen) atoms. The van der Waals surface area contributed by atoms with Crippen LogP contribution in [0, 0.1) is 6.92 Å². The standard InChI is InChI=1S/C21H29N3O/c1-4-23-21-14-19(13-20(16-25)17(21)2)18(15-22-3)9-5-6-10-24-11-7-8-12-24/h5,9,13-16,23H,3-4,6-8,10-12H2,1-2H3/b9-5-,18-15+. The van der Waals surface area contributed by atoms with E-state index in [1.54, 1.807) is 6.20 Å². The Morgan fingerprint density at radius 1 is 1.36 bits per heavy atom. The zero-order valence-electron chi connectivity index (χ0n) is 15.4. The van der Waals surface area contributed by atoms with Crippen LogP contribution in [0.1, 0.15) is 47.7 Å². The number of anilines is 1. The van der Waals surface area contributed by atoms with E-state index in [2.05, 4.69) is 40.1 Å². The highest BCUT2D eigenvalue weighted by molar-refractivity contribution is 5.86. The number of nitrogens with one attached hydrogen (secondary N) is 1. The molecule has 0 bridgehead atoms. The molecule has 4 heteroatoms. The molecule has 1 aliphatic heterocycles. The van der Waals surface area contributed by atoms with Crippen molar-refractivity contribution in [3.05, 3.63) is 47.2 Å². The highest BCUT2D eigenvalue weighted by Crippen LogP contribution is 2.26. The molecule has 1 aromatic carbocycles. The van der Waals surface area contributed by atoms with Crippen molar-refractivity contribution >= 4 is 24.3 Å². The molecule has 1 saturated heterocycles. The number of likely N-dealkylation sites (tertiary alicyclic amines) is 1. The van der Waals surface area contributed by atoms with Crippen LogP contribution in [0.2, 0.25) is 0 Å². The molecule has 0 radical (unpaired) electrons. The maximum Gasteiger partial charge on any atom is 0.150 e. The normalized spacial score (nSPS) is 15.7. The first-order chi connectivity index (χ1) is 12.2. The van der Waals surface area contributed by atoms with Crippen LogP contribution >= 0.6 is 0 Å². The van der Waals surface area contributed by atoms with Crippen LogP contribution in [-0.2, 0) is 0 Å². The summed E-state index contributed by atoms with van der Waals surface area (Å²) in [5, 5.41) is 3.33. The second-order valence-corrected chi connectivity index (χ2v) is 6.39. The summed E-state index contributed by atoms with van der Waals surface area (Å²) >= 11 is 0. The van der Waals surface area contributed by atoms with E-state index < -0.39 is 0 Å². The predicted molar refractivity (Wildman–Crippen MR) is 108 cm³/mol. The maximum absolute atomic E-state index is 11.4. The third-order valence-corrected chi connectivity index (χ3v) is 4.61. The van der Waals surface area contributed by atoms with Gasteiger partial charge in [0.05, 0.1) is 0 Å². The van der Waals surface area contributed by atoms with Crippen molar-refractivity contribution in [2.75, 3.05) is 31.5 Å². The number of aldehydes is 1. The molecule has 1 heterocycles. The second-order valence-electron chi connectivity index (χ2n) is 6.39. The Kier molecular flexibility index (Phi) is 7.61. The number of benzene rings is 1. The van der Waals surface area contributed by atoms with Crippen molar-refractivity contribution in [2.24, 2.45) is 4.99 Å². The number of hydrogen-bond acceptors (Lipinski definition) is 4. The number of carbonyl (C=O) groups is 1. The number of nitrogens with zero attached hydrogens (tertiary/aromatic N) is 2. The Hall–Kier alpha value is -2.20. The molecule has 1 N–H and O–H groups in total. The molecule has 0 aromatic heterocycles. The summed E-state index contributed by atoms with van der Waals surface area (Å²) in [6.07, 6.45) is 10.6. The molecule has 4 nitrogen and oxygen atoms in total. The van der Waals surface area contributed by atoms with Crippen molar-refractivity contribution < 1.29 is 4.79 Å². The molecular formula is C21H29N3O. The minimum absolute atomic E-state index is 0.703. The lowest BCUT2D eigenvalue weighted by atomic mass is 9.98. The lowest BCUT2D eigenvalue weighted by Gasteiger charge is -2.14. The van der Waals surface area contributed by atoms with E-state index in [0.29, 0.717) is 5.56 Å². The lowest BCUT2D eigenvalue weighted by molar-refractivity contribution is 0.112. The first kappa shape index (κ1) is 19.1. The van der Waals surface area contributed by atoms with Crippen molar-refractivity contribution in [2.45, 2.75) is 33.1 Å². The average Bonchev–Trinajstić information content (AvgIpc) is 3.13. The highest BCUT2D eigenvalue weighted by atomic mass is 16.1. The van der Waals surface area contributed by atoms with Gasteiger partial charge in [0.1, 0.15) is 6.29 Å². The largest absolute Gasteiger partial charge is 0.385 e. The molecule has 2 rings (SSSR count). The fraction of sp³-hybridized carbons (Fsp3) is 0.429. The summed E-state index contributed by atoms with van der Waals surface area (Å²) < 4.78 is 0. The molecular weight excluding hydrogens is 310 g/mol. The van der Waals surface area contributed by atoms with Gasteiger partial charge in [-0.05, 0) is 81.7 Å². The molecule has 1 aliphatic rings. The van der Waals surface area contributed by atoms with Gasteiger partial charge in [0.15, 0.2) is 0 Å². The molecule has 0 spiro atoms.